The molecule has 3 heteroatoms. The molecule has 0 unspecified atom stereocenters. The Morgan fingerprint density at radius 1 is 1.12 bits per heavy atom. The van der Waals surface area contributed by atoms with Gasteiger partial charge in [-0.15, -0.1) is 0 Å². The quantitative estimate of drug-likeness (QED) is 0.722. The third-order valence-corrected chi connectivity index (χ3v) is 3.19. The average Bonchev–Trinajstić information content (AvgIpc) is 3.15. The van der Waals surface area contributed by atoms with Crippen LogP contribution in [0.1, 0.15) is 17.2 Å². The van der Waals surface area contributed by atoms with E-state index in [2.05, 4.69) is 29.2 Å². The van der Waals surface area contributed by atoms with Crippen molar-refractivity contribution in [3.8, 4) is 0 Å². The fourth-order valence-electron chi connectivity index (χ4n) is 2.10. The van der Waals surface area contributed by atoms with E-state index in [1.165, 1.54) is 11.1 Å². The first-order valence-corrected chi connectivity index (χ1v) is 5.92. The molecule has 0 radical (unpaired) electrons. The average molecular weight is 219 g/mol. The Balaban J connectivity index is 1.60. The van der Waals surface area contributed by atoms with E-state index in [9.17, 15) is 0 Å². The molecule has 2 aliphatic heterocycles. The van der Waals surface area contributed by atoms with Gasteiger partial charge >= 0.3 is 0 Å². The van der Waals surface area contributed by atoms with Crippen molar-refractivity contribution in [2.24, 2.45) is 0 Å². The molecule has 2 fully saturated rings. The van der Waals surface area contributed by atoms with Crippen molar-refractivity contribution in [2.75, 3.05) is 32.9 Å². The first-order valence-electron chi connectivity index (χ1n) is 5.92. The highest BCUT2D eigenvalue weighted by molar-refractivity contribution is 5.25. The summed E-state index contributed by atoms with van der Waals surface area (Å²) in [7, 11) is 0. The van der Waals surface area contributed by atoms with Crippen LogP contribution >= 0.6 is 0 Å². The first-order chi connectivity index (χ1) is 7.92. The van der Waals surface area contributed by atoms with Crippen LogP contribution in [0.2, 0.25) is 0 Å². The van der Waals surface area contributed by atoms with Crippen molar-refractivity contribution in [3.63, 3.8) is 0 Å². The van der Waals surface area contributed by atoms with Crippen molar-refractivity contribution in [1.29, 1.82) is 0 Å². The van der Waals surface area contributed by atoms with Crippen molar-refractivity contribution < 1.29 is 9.47 Å². The van der Waals surface area contributed by atoms with Gasteiger partial charge in [0.15, 0.2) is 0 Å². The number of ether oxygens (including phenoxy) is 2. The van der Waals surface area contributed by atoms with E-state index in [1.807, 2.05) is 0 Å². The zero-order valence-corrected chi connectivity index (χ0v) is 9.39. The molecule has 0 spiro atoms. The maximum absolute atomic E-state index is 5.34. The van der Waals surface area contributed by atoms with Gasteiger partial charge in [-0.25, -0.2) is 0 Å². The summed E-state index contributed by atoms with van der Waals surface area (Å²) in [6, 6.07) is 8.81. The van der Waals surface area contributed by atoms with Gasteiger partial charge in [0, 0.05) is 19.6 Å². The Morgan fingerprint density at radius 2 is 1.81 bits per heavy atom. The zero-order valence-electron chi connectivity index (χ0n) is 9.39. The predicted molar refractivity (Wildman–Crippen MR) is 61.2 cm³/mol. The minimum absolute atomic E-state index is 0.373. The lowest BCUT2D eigenvalue weighted by atomic mass is 10.1. The SMILES string of the molecule is c1cc([C@H]2CO2)ccc1CN1CCOCC1. The minimum Gasteiger partial charge on any atom is -0.379 e. The first kappa shape index (κ1) is 10.3. The van der Waals surface area contributed by atoms with E-state index in [0.717, 1.165) is 39.5 Å². The second kappa shape index (κ2) is 4.53. The van der Waals surface area contributed by atoms with E-state index in [4.69, 9.17) is 9.47 Å². The molecule has 1 aromatic carbocycles. The predicted octanol–water partition coefficient (Wildman–Crippen LogP) is 1.59. The monoisotopic (exact) mass is 219 g/mol. The van der Waals surface area contributed by atoms with Crippen LogP contribution < -0.4 is 0 Å². The second-order valence-corrected chi connectivity index (χ2v) is 4.45. The summed E-state index contributed by atoms with van der Waals surface area (Å²) in [5.74, 6) is 0. The highest BCUT2D eigenvalue weighted by Crippen LogP contribution is 2.29. The number of morpholine rings is 1. The van der Waals surface area contributed by atoms with E-state index in [-0.39, 0.29) is 0 Å². The van der Waals surface area contributed by atoms with Gasteiger partial charge in [0.25, 0.3) is 0 Å². The molecule has 2 aliphatic rings. The lowest BCUT2D eigenvalue weighted by molar-refractivity contribution is 0.0342. The summed E-state index contributed by atoms with van der Waals surface area (Å²) in [5.41, 5.74) is 2.69. The molecule has 86 valence electrons. The Labute approximate surface area is 96.0 Å². The molecule has 0 aromatic heterocycles. The molecule has 1 atom stereocenters. The number of hydrogen-bond acceptors (Lipinski definition) is 3. The van der Waals surface area contributed by atoms with Crippen LogP contribution in [0.15, 0.2) is 24.3 Å². The number of epoxide rings is 1. The van der Waals surface area contributed by atoms with Gasteiger partial charge in [-0.3, -0.25) is 4.90 Å². The van der Waals surface area contributed by atoms with Crippen LogP contribution in [0.3, 0.4) is 0 Å². The van der Waals surface area contributed by atoms with Crippen LogP contribution in [0.5, 0.6) is 0 Å². The molecular weight excluding hydrogens is 202 g/mol. The fraction of sp³-hybridized carbons (Fsp3) is 0.538. The Morgan fingerprint density at radius 3 is 2.44 bits per heavy atom. The second-order valence-electron chi connectivity index (χ2n) is 4.45. The molecule has 0 bridgehead atoms. The maximum atomic E-state index is 5.34. The molecule has 0 saturated carbocycles. The molecule has 3 nitrogen and oxygen atoms in total. The highest BCUT2D eigenvalue weighted by atomic mass is 16.6. The molecule has 16 heavy (non-hydrogen) atoms. The van der Waals surface area contributed by atoms with Crippen molar-refractivity contribution in [1.82, 2.24) is 4.90 Å². The molecule has 0 amide bonds. The van der Waals surface area contributed by atoms with E-state index in [1.54, 1.807) is 0 Å². The smallest absolute Gasteiger partial charge is 0.106 e. The Kier molecular flexibility index (Phi) is 2.91. The Hall–Kier alpha value is -0.900. The molecule has 1 aromatic rings. The van der Waals surface area contributed by atoms with Gasteiger partial charge in [0.05, 0.1) is 19.8 Å². The summed E-state index contributed by atoms with van der Waals surface area (Å²) in [6.07, 6.45) is 0.373. The van der Waals surface area contributed by atoms with Gasteiger partial charge in [-0.2, -0.15) is 0 Å². The lowest BCUT2D eigenvalue weighted by Gasteiger charge is -2.26. The normalized spacial score (nSPS) is 25.6. The maximum Gasteiger partial charge on any atom is 0.106 e. The minimum atomic E-state index is 0.373. The third-order valence-electron chi connectivity index (χ3n) is 3.19. The van der Waals surface area contributed by atoms with Gasteiger partial charge in [-0.1, -0.05) is 24.3 Å². The molecule has 0 N–H and O–H groups in total. The number of benzene rings is 1. The highest BCUT2D eigenvalue weighted by Gasteiger charge is 2.24. The van der Waals surface area contributed by atoms with Gasteiger partial charge < -0.3 is 9.47 Å². The Bertz CT molecular complexity index is 339. The summed E-state index contributed by atoms with van der Waals surface area (Å²) in [5, 5.41) is 0. The number of nitrogens with zero attached hydrogens (tertiary/aromatic N) is 1. The van der Waals surface area contributed by atoms with E-state index in [0.29, 0.717) is 6.10 Å². The fourth-order valence-corrected chi connectivity index (χ4v) is 2.10. The molecule has 2 heterocycles. The largest absolute Gasteiger partial charge is 0.379 e. The summed E-state index contributed by atoms with van der Waals surface area (Å²) in [4.78, 5) is 2.44. The molecule has 2 saturated heterocycles. The van der Waals surface area contributed by atoms with Crippen molar-refractivity contribution in [3.05, 3.63) is 35.4 Å². The summed E-state index contributed by atoms with van der Waals surface area (Å²) >= 11 is 0. The van der Waals surface area contributed by atoms with Crippen LogP contribution in [-0.4, -0.2) is 37.8 Å². The van der Waals surface area contributed by atoms with Crippen molar-refractivity contribution >= 4 is 0 Å². The molecule has 3 rings (SSSR count). The van der Waals surface area contributed by atoms with Crippen molar-refractivity contribution in [2.45, 2.75) is 12.6 Å². The van der Waals surface area contributed by atoms with Crippen LogP contribution in [0.25, 0.3) is 0 Å². The van der Waals surface area contributed by atoms with E-state index >= 15 is 0 Å². The summed E-state index contributed by atoms with van der Waals surface area (Å²) < 4.78 is 10.6. The molecule has 0 aliphatic carbocycles. The van der Waals surface area contributed by atoms with Gasteiger partial charge in [0.1, 0.15) is 6.10 Å². The molecular formula is C13H17NO2. The van der Waals surface area contributed by atoms with E-state index < -0.39 is 0 Å². The topological polar surface area (TPSA) is 25.0 Å². The van der Waals surface area contributed by atoms with Crippen LogP contribution in [-0.2, 0) is 16.0 Å². The van der Waals surface area contributed by atoms with Gasteiger partial charge in [-0.05, 0) is 11.1 Å². The number of rotatable bonds is 3. The lowest BCUT2D eigenvalue weighted by Crippen LogP contribution is -2.35. The van der Waals surface area contributed by atoms with Crippen LogP contribution in [0.4, 0.5) is 0 Å². The zero-order chi connectivity index (χ0) is 10.8. The standard InChI is InChI=1S/C13H17NO2/c1-3-12(13-10-16-13)4-2-11(1)9-14-5-7-15-8-6-14/h1-4,13H,5-10H2/t13-/m1/s1. The third kappa shape index (κ3) is 2.43. The number of hydrogen-bond donors (Lipinski definition) is 0. The van der Waals surface area contributed by atoms with Crippen LogP contribution in [0, 0.1) is 0 Å². The summed E-state index contributed by atoms with van der Waals surface area (Å²) in [6.45, 7) is 5.76. The van der Waals surface area contributed by atoms with Gasteiger partial charge in [0.2, 0.25) is 0 Å².